The van der Waals surface area contributed by atoms with Crippen molar-refractivity contribution in [2.24, 2.45) is 0 Å². The normalized spacial score (nSPS) is 24.2. The SMILES string of the molecule is O=C([O-])C1(c2c[nH]c3ccccc23)CCCN1. The Kier molecular flexibility index (Phi) is 2.19. The first-order valence-electron chi connectivity index (χ1n) is 5.77. The third-order valence-corrected chi connectivity index (χ3v) is 3.55. The maximum absolute atomic E-state index is 11.5. The van der Waals surface area contributed by atoms with E-state index < -0.39 is 11.5 Å². The molecular weight excluding hydrogens is 216 g/mol. The van der Waals surface area contributed by atoms with Crippen molar-refractivity contribution < 1.29 is 9.90 Å². The highest BCUT2D eigenvalue weighted by Gasteiger charge is 2.38. The van der Waals surface area contributed by atoms with E-state index in [1.165, 1.54) is 0 Å². The zero-order valence-electron chi connectivity index (χ0n) is 9.32. The Balaban J connectivity index is 2.22. The molecule has 4 heteroatoms. The Morgan fingerprint density at radius 2 is 2.18 bits per heavy atom. The van der Waals surface area contributed by atoms with E-state index in [-0.39, 0.29) is 0 Å². The number of rotatable bonds is 2. The molecule has 1 unspecified atom stereocenters. The van der Waals surface area contributed by atoms with E-state index in [0.717, 1.165) is 22.9 Å². The van der Waals surface area contributed by atoms with E-state index >= 15 is 0 Å². The van der Waals surface area contributed by atoms with Crippen molar-refractivity contribution in [2.75, 3.05) is 6.54 Å². The molecule has 0 radical (unpaired) electrons. The van der Waals surface area contributed by atoms with Crippen molar-refractivity contribution in [3.8, 4) is 0 Å². The van der Waals surface area contributed by atoms with Crippen LogP contribution in [0.4, 0.5) is 0 Å². The highest BCUT2D eigenvalue weighted by atomic mass is 16.4. The van der Waals surface area contributed by atoms with E-state index in [9.17, 15) is 9.90 Å². The summed E-state index contributed by atoms with van der Waals surface area (Å²) in [6, 6.07) is 7.72. The highest BCUT2D eigenvalue weighted by Crippen LogP contribution is 2.35. The van der Waals surface area contributed by atoms with Crippen molar-refractivity contribution in [2.45, 2.75) is 18.4 Å². The van der Waals surface area contributed by atoms with Crippen LogP contribution in [0.5, 0.6) is 0 Å². The molecule has 0 bridgehead atoms. The first-order chi connectivity index (χ1) is 8.24. The third-order valence-electron chi connectivity index (χ3n) is 3.55. The molecule has 0 amide bonds. The van der Waals surface area contributed by atoms with Gasteiger partial charge in [-0.05, 0) is 25.5 Å². The predicted octanol–water partition coefficient (Wildman–Crippen LogP) is 0.496. The van der Waals surface area contributed by atoms with Crippen LogP contribution in [0.3, 0.4) is 0 Å². The van der Waals surface area contributed by atoms with Gasteiger partial charge in [0.1, 0.15) is 0 Å². The number of hydrogen-bond acceptors (Lipinski definition) is 3. The number of para-hydroxylation sites is 1. The second-order valence-electron chi connectivity index (χ2n) is 4.47. The van der Waals surface area contributed by atoms with Gasteiger partial charge < -0.3 is 20.2 Å². The molecule has 1 aliphatic rings. The number of benzene rings is 1. The zero-order chi connectivity index (χ0) is 11.9. The fourth-order valence-electron chi connectivity index (χ4n) is 2.68. The van der Waals surface area contributed by atoms with Gasteiger partial charge in [0.25, 0.3) is 0 Å². The van der Waals surface area contributed by atoms with E-state index in [2.05, 4.69) is 10.3 Å². The second kappa shape index (κ2) is 3.60. The van der Waals surface area contributed by atoms with Crippen molar-refractivity contribution in [1.29, 1.82) is 0 Å². The van der Waals surface area contributed by atoms with Crippen molar-refractivity contribution in [3.05, 3.63) is 36.0 Å². The summed E-state index contributed by atoms with van der Waals surface area (Å²) in [6.45, 7) is 0.716. The number of aliphatic carboxylic acids is 1. The number of H-pyrrole nitrogens is 1. The molecule has 1 aromatic heterocycles. The zero-order valence-corrected chi connectivity index (χ0v) is 9.32. The molecule has 1 atom stereocenters. The monoisotopic (exact) mass is 229 g/mol. The van der Waals surface area contributed by atoms with Gasteiger partial charge in [0.2, 0.25) is 0 Å². The number of hydrogen-bond donors (Lipinski definition) is 2. The van der Waals surface area contributed by atoms with Crippen LogP contribution in [0.15, 0.2) is 30.5 Å². The van der Waals surface area contributed by atoms with Crippen molar-refractivity contribution >= 4 is 16.9 Å². The summed E-state index contributed by atoms with van der Waals surface area (Å²) in [4.78, 5) is 14.6. The Labute approximate surface area is 98.6 Å². The average Bonchev–Trinajstić information content (AvgIpc) is 2.95. The summed E-state index contributed by atoms with van der Waals surface area (Å²) in [5, 5.41) is 15.5. The fourth-order valence-corrected chi connectivity index (χ4v) is 2.68. The minimum Gasteiger partial charge on any atom is -0.548 e. The number of aromatic amines is 1. The summed E-state index contributed by atoms with van der Waals surface area (Å²) < 4.78 is 0. The molecule has 1 saturated heterocycles. The molecule has 0 spiro atoms. The molecule has 0 saturated carbocycles. The van der Waals surface area contributed by atoms with Gasteiger partial charge in [0, 0.05) is 22.7 Å². The Morgan fingerprint density at radius 3 is 2.88 bits per heavy atom. The van der Waals surface area contributed by atoms with Crippen molar-refractivity contribution in [1.82, 2.24) is 10.3 Å². The summed E-state index contributed by atoms with van der Waals surface area (Å²) >= 11 is 0. The maximum Gasteiger partial charge on any atom is 0.0857 e. The van der Waals surface area contributed by atoms with Crippen LogP contribution in [-0.2, 0) is 10.3 Å². The van der Waals surface area contributed by atoms with Gasteiger partial charge in [-0.3, -0.25) is 0 Å². The second-order valence-corrected chi connectivity index (χ2v) is 4.47. The van der Waals surface area contributed by atoms with Crippen LogP contribution in [-0.4, -0.2) is 17.5 Å². The first-order valence-corrected chi connectivity index (χ1v) is 5.77. The van der Waals surface area contributed by atoms with E-state index in [1.807, 2.05) is 24.3 Å². The highest BCUT2D eigenvalue weighted by molar-refractivity contribution is 5.91. The number of carbonyl (C=O) groups is 1. The largest absolute Gasteiger partial charge is 0.548 e. The molecule has 0 aliphatic carbocycles. The van der Waals surface area contributed by atoms with Crippen LogP contribution in [0.2, 0.25) is 0 Å². The molecule has 3 rings (SSSR count). The van der Waals surface area contributed by atoms with Gasteiger partial charge in [0.05, 0.1) is 11.5 Å². The number of fused-ring (bicyclic) bond motifs is 1. The molecule has 17 heavy (non-hydrogen) atoms. The van der Waals surface area contributed by atoms with Gasteiger partial charge in [-0.2, -0.15) is 0 Å². The van der Waals surface area contributed by atoms with Crippen molar-refractivity contribution in [3.63, 3.8) is 0 Å². The number of carboxylic acid groups (broad SMARTS) is 1. The number of aromatic nitrogens is 1. The molecular formula is C13H13N2O2-. The number of carboxylic acids is 1. The lowest BCUT2D eigenvalue weighted by molar-refractivity contribution is -0.314. The van der Waals surface area contributed by atoms with Crippen LogP contribution >= 0.6 is 0 Å². The lowest BCUT2D eigenvalue weighted by Crippen LogP contribution is -2.52. The summed E-state index contributed by atoms with van der Waals surface area (Å²) in [6.07, 6.45) is 3.21. The number of carbonyl (C=O) groups excluding carboxylic acids is 1. The molecule has 2 aromatic rings. The first kappa shape index (κ1) is 10.4. The lowest BCUT2D eigenvalue weighted by Gasteiger charge is -2.30. The van der Waals surface area contributed by atoms with Gasteiger partial charge in [-0.1, -0.05) is 18.2 Å². The maximum atomic E-state index is 11.5. The Hall–Kier alpha value is -1.81. The van der Waals surface area contributed by atoms with Crippen LogP contribution in [0.25, 0.3) is 10.9 Å². The number of nitrogens with one attached hydrogen (secondary N) is 2. The van der Waals surface area contributed by atoms with Gasteiger partial charge in [-0.25, -0.2) is 0 Å². The third kappa shape index (κ3) is 1.37. The topological polar surface area (TPSA) is 67.9 Å². The Bertz CT molecular complexity index is 568. The molecule has 1 aliphatic heterocycles. The van der Waals surface area contributed by atoms with Crippen LogP contribution in [0, 0.1) is 0 Å². The molecule has 1 aromatic carbocycles. The van der Waals surface area contributed by atoms with Gasteiger partial charge >= 0.3 is 0 Å². The summed E-state index contributed by atoms with van der Waals surface area (Å²) in [7, 11) is 0. The molecule has 4 nitrogen and oxygen atoms in total. The van der Waals surface area contributed by atoms with E-state index in [0.29, 0.717) is 13.0 Å². The van der Waals surface area contributed by atoms with E-state index in [4.69, 9.17) is 0 Å². The molecule has 2 heterocycles. The van der Waals surface area contributed by atoms with Crippen LogP contribution < -0.4 is 10.4 Å². The quantitative estimate of drug-likeness (QED) is 0.787. The molecule has 2 N–H and O–H groups in total. The molecule has 1 fully saturated rings. The molecule has 88 valence electrons. The lowest BCUT2D eigenvalue weighted by atomic mass is 9.88. The average molecular weight is 229 g/mol. The van der Waals surface area contributed by atoms with Gasteiger partial charge in [-0.15, -0.1) is 0 Å². The Morgan fingerprint density at radius 1 is 1.35 bits per heavy atom. The fraction of sp³-hybridized carbons (Fsp3) is 0.308. The van der Waals surface area contributed by atoms with Crippen LogP contribution in [0.1, 0.15) is 18.4 Å². The minimum atomic E-state index is -1.04. The smallest absolute Gasteiger partial charge is 0.0857 e. The predicted molar refractivity (Wildman–Crippen MR) is 62.2 cm³/mol. The standard InChI is InChI=1S/C13H14N2O2/c16-12(17)13(6-3-7-15-13)10-8-14-11-5-2-1-4-9(10)11/h1-2,4-5,8,14-15H,3,6-7H2,(H,16,17)/p-1. The van der Waals surface area contributed by atoms with E-state index in [1.54, 1.807) is 6.20 Å². The minimum absolute atomic E-state index is 0.581. The summed E-state index contributed by atoms with van der Waals surface area (Å²) in [5.41, 5.74) is 0.710. The van der Waals surface area contributed by atoms with Gasteiger partial charge in [0.15, 0.2) is 0 Å². The summed E-state index contributed by atoms with van der Waals surface area (Å²) in [5.74, 6) is -1.04.